The summed E-state index contributed by atoms with van der Waals surface area (Å²) in [4.78, 5) is 14.0. The van der Waals surface area contributed by atoms with Crippen molar-refractivity contribution < 1.29 is 4.79 Å². The van der Waals surface area contributed by atoms with Crippen LogP contribution in [-0.2, 0) is 0 Å². The highest BCUT2D eigenvalue weighted by atomic mass is 16.2. The monoisotopic (exact) mass is 220 g/mol. The number of nitrogens with two attached hydrogens (primary N) is 1. The average molecular weight is 220 g/mol. The van der Waals surface area contributed by atoms with Crippen molar-refractivity contribution in [1.29, 1.82) is 0 Å². The molecule has 0 spiro atoms. The second-order valence-electron chi connectivity index (χ2n) is 3.73. The van der Waals surface area contributed by atoms with Gasteiger partial charge in [-0.3, -0.25) is 10.6 Å². The van der Waals surface area contributed by atoms with Gasteiger partial charge in [-0.05, 0) is 12.1 Å². The molecule has 1 heterocycles. The van der Waals surface area contributed by atoms with E-state index in [9.17, 15) is 4.79 Å². The van der Waals surface area contributed by atoms with E-state index in [4.69, 9.17) is 5.84 Å². The van der Waals surface area contributed by atoms with Crippen LogP contribution in [-0.4, -0.2) is 37.0 Å². The van der Waals surface area contributed by atoms with Crippen LogP contribution in [0.15, 0.2) is 24.3 Å². The van der Waals surface area contributed by atoms with Crippen molar-refractivity contribution >= 4 is 11.6 Å². The minimum absolute atomic E-state index is 0.0371. The smallest absolute Gasteiger partial charge is 0.256 e. The Morgan fingerprint density at radius 3 is 2.69 bits per heavy atom. The summed E-state index contributed by atoms with van der Waals surface area (Å²) < 4.78 is 0. The lowest BCUT2D eigenvalue weighted by atomic mass is 10.1. The summed E-state index contributed by atoms with van der Waals surface area (Å²) in [6.07, 6.45) is 0. The number of carbonyl (C=O) groups is 1. The van der Waals surface area contributed by atoms with E-state index in [2.05, 4.69) is 10.7 Å². The van der Waals surface area contributed by atoms with E-state index in [0.717, 1.165) is 26.2 Å². The Hall–Kier alpha value is -1.59. The zero-order chi connectivity index (χ0) is 11.4. The summed E-state index contributed by atoms with van der Waals surface area (Å²) in [7, 11) is 0. The van der Waals surface area contributed by atoms with Crippen molar-refractivity contribution in [3.63, 3.8) is 0 Å². The number of nitrogens with one attached hydrogen (secondary N) is 2. The molecule has 5 heteroatoms. The lowest BCUT2D eigenvalue weighted by molar-refractivity contribution is 0.0737. The number of carbonyl (C=O) groups excluding carboxylic acids is 1. The lowest BCUT2D eigenvalue weighted by Gasteiger charge is -2.28. The highest BCUT2D eigenvalue weighted by Gasteiger charge is 2.19. The maximum atomic E-state index is 12.2. The Morgan fingerprint density at radius 1 is 1.31 bits per heavy atom. The van der Waals surface area contributed by atoms with Gasteiger partial charge in [0.25, 0.3) is 5.91 Å². The van der Waals surface area contributed by atoms with Gasteiger partial charge in [0.15, 0.2) is 0 Å². The van der Waals surface area contributed by atoms with E-state index in [1.807, 2.05) is 17.0 Å². The van der Waals surface area contributed by atoms with Gasteiger partial charge in [-0.15, -0.1) is 0 Å². The van der Waals surface area contributed by atoms with E-state index in [1.54, 1.807) is 12.1 Å². The molecule has 0 saturated carbocycles. The van der Waals surface area contributed by atoms with Gasteiger partial charge in [0.1, 0.15) is 0 Å². The number of benzene rings is 1. The largest absolute Gasteiger partial charge is 0.336 e. The van der Waals surface area contributed by atoms with Crippen LogP contribution in [0.5, 0.6) is 0 Å². The van der Waals surface area contributed by atoms with E-state index in [0.29, 0.717) is 11.3 Å². The summed E-state index contributed by atoms with van der Waals surface area (Å²) >= 11 is 0. The zero-order valence-corrected chi connectivity index (χ0v) is 9.07. The quantitative estimate of drug-likeness (QED) is 0.485. The van der Waals surface area contributed by atoms with Crippen molar-refractivity contribution in [2.24, 2.45) is 5.84 Å². The molecule has 2 rings (SSSR count). The Morgan fingerprint density at radius 2 is 2.00 bits per heavy atom. The highest BCUT2D eigenvalue weighted by Crippen LogP contribution is 2.16. The lowest BCUT2D eigenvalue weighted by Crippen LogP contribution is -2.46. The predicted molar refractivity (Wildman–Crippen MR) is 63.0 cm³/mol. The van der Waals surface area contributed by atoms with Crippen LogP contribution in [0.1, 0.15) is 10.4 Å². The van der Waals surface area contributed by atoms with Crippen LogP contribution in [0.3, 0.4) is 0 Å². The first-order chi connectivity index (χ1) is 7.83. The Bertz CT molecular complexity index is 374. The Kier molecular flexibility index (Phi) is 3.38. The summed E-state index contributed by atoms with van der Waals surface area (Å²) in [6, 6.07) is 7.29. The zero-order valence-electron chi connectivity index (χ0n) is 9.07. The number of piperazine rings is 1. The Labute approximate surface area is 94.6 Å². The average Bonchev–Trinajstić information content (AvgIpc) is 2.39. The number of para-hydroxylation sites is 1. The molecule has 1 fully saturated rings. The molecule has 0 aromatic heterocycles. The molecule has 0 aliphatic carbocycles. The molecule has 1 saturated heterocycles. The van der Waals surface area contributed by atoms with E-state index < -0.39 is 0 Å². The van der Waals surface area contributed by atoms with Gasteiger partial charge in [-0.1, -0.05) is 12.1 Å². The third-order valence-corrected chi connectivity index (χ3v) is 2.72. The topological polar surface area (TPSA) is 70.4 Å². The molecule has 1 aromatic carbocycles. The molecule has 1 aromatic rings. The fraction of sp³-hybridized carbons (Fsp3) is 0.364. The summed E-state index contributed by atoms with van der Waals surface area (Å²) in [6.45, 7) is 3.20. The van der Waals surface area contributed by atoms with E-state index in [1.165, 1.54) is 0 Å². The van der Waals surface area contributed by atoms with Crippen LogP contribution in [0.2, 0.25) is 0 Å². The Balaban J connectivity index is 2.19. The number of amides is 1. The molecule has 1 aliphatic heterocycles. The molecule has 0 bridgehead atoms. The van der Waals surface area contributed by atoms with Gasteiger partial charge in [0, 0.05) is 26.2 Å². The summed E-state index contributed by atoms with van der Waals surface area (Å²) in [5.74, 6) is 5.42. The second kappa shape index (κ2) is 4.96. The normalized spacial score (nSPS) is 15.9. The molecule has 0 unspecified atom stereocenters. The number of nitrogens with zero attached hydrogens (tertiary/aromatic N) is 1. The first kappa shape index (κ1) is 10.9. The van der Waals surface area contributed by atoms with Crippen LogP contribution >= 0.6 is 0 Å². The molecule has 1 aliphatic rings. The van der Waals surface area contributed by atoms with Crippen LogP contribution in [0, 0.1) is 0 Å². The SMILES string of the molecule is NNc1ccccc1C(=O)N1CCNCC1. The molecule has 86 valence electrons. The molecule has 16 heavy (non-hydrogen) atoms. The molecular formula is C11H16N4O. The molecule has 0 radical (unpaired) electrons. The predicted octanol–water partition coefficient (Wildman–Crippen LogP) is 0.0176. The maximum Gasteiger partial charge on any atom is 0.256 e. The molecule has 0 atom stereocenters. The van der Waals surface area contributed by atoms with Crippen molar-refractivity contribution in [3.8, 4) is 0 Å². The van der Waals surface area contributed by atoms with Gasteiger partial charge in [-0.2, -0.15) is 0 Å². The number of hydrazine groups is 1. The number of rotatable bonds is 2. The van der Waals surface area contributed by atoms with Gasteiger partial charge in [0.05, 0.1) is 11.3 Å². The van der Waals surface area contributed by atoms with Crippen molar-refractivity contribution in [1.82, 2.24) is 10.2 Å². The third-order valence-electron chi connectivity index (χ3n) is 2.72. The van der Waals surface area contributed by atoms with E-state index in [-0.39, 0.29) is 5.91 Å². The van der Waals surface area contributed by atoms with Gasteiger partial charge >= 0.3 is 0 Å². The number of nitrogen functional groups attached to an aromatic ring is 1. The third kappa shape index (κ3) is 2.15. The van der Waals surface area contributed by atoms with E-state index >= 15 is 0 Å². The minimum atomic E-state index is 0.0371. The van der Waals surface area contributed by atoms with Gasteiger partial charge in [0.2, 0.25) is 0 Å². The highest BCUT2D eigenvalue weighted by molar-refractivity contribution is 5.99. The maximum absolute atomic E-state index is 12.2. The summed E-state index contributed by atoms with van der Waals surface area (Å²) in [5.41, 5.74) is 3.86. The minimum Gasteiger partial charge on any atom is -0.336 e. The molecule has 4 N–H and O–H groups in total. The molecular weight excluding hydrogens is 204 g/mol. The fourth-order valence-corrected chi connectivity index (χ4v) is 1.83. The fourth-order valence-electron chi connectivity index (χ4n) is 1.83. The summed E-state index contributed by atoms with van der Waals surface area (Å²) in [5, 5.41) is 3.22. The van der Waals surface area contributed by atoms with Crippen LogP contribution in [0.25, 0.3) is 0 Å². The standard InChI is InChI=1S/C11H16N4O/c12-14-10-4-2-1-3-9(10)11(16)15-7-5-13-6-8-15/h1-4,13-14H,5-8,12H2. The number of anilines is 1. The van der Waals surface area contributed by atoms with Crippen molar-refractivity contribution in [3.05, 3.63) is 29.8 Å². The first-order valence-corrected chi connectivity index (χ1v) is 5.38. The van der Waals surface area contributed by atoms with Crippen LogP contribution in [0.4, 0.5) is 5.69 Å². The van der Waals surface area contributed by atoms with Crippen LogP contribution < -0.4 is 16.6 Å². The van der Waals surface area contributed by atoms with Gasteiger partial charge < -0.3 is 15.6 Å². The molecule has 5 nitrogen and oxygen atoms in total. The molecule has 1 amide bonds. The number of hydrogen-bond donors (Lipinski definition) is 3. The van der Waals surface area contributed by atoms with Crippen molar-refractivity contribution in [2.75, 3.05) is 31.6 Å². The van der Waals surface area contributed by atoms with Crippen molar-refractivity contribution in [2.45, 2.75) is 0 Å². The second-order valence-corrected chi connectivity index (χ2v) is 3.73. The first-order valence-electron chi connectivity index (χ1n) is 5.38. The number of hydrogen-bond acceptors (Lipinski definition) is 4. The van der Waals surface area contributed by atoms with Gasteiger partial charge in [-0.25, -0.2) is 0 Å².